The van der Waals surface area contributed by atoms with Gasteiger partial charge in [0.1, 0.15) is 21.2 Å². The van der Waals surface area contributed by atoms with Crippen molar-refractivity contribution in [3.05, 3.63) is 60.7 Å². The van der Waals surface area contributed by atoms with Crippen molar-refractivity contribution in [3.8, 4) is 5.75 Å². The van der Waals surface area contributed by atoms with E-state index in [-0.39, 0.29) is 121 Å². The Labute approximate surface area is 283 Å². The van der Waals surface area contributed by atoms with Crippen molar-refractivity contribution in [2.45, 2.75) is 14.7 Å². The van der Waals surface area contributed by atoms with Gasteiger partial charge in [-0.3, -0.25) is 13.7 Å². The third kappa shape index (κ3) is 7.43. The van der Waals surface area contributed by atoms with Crippen LogP contribution < -0.4 is 0 Å². The van der Waals surface area contributed by atoms with Gasteiger partial charge in [0.05, 0.1) is 10.6 Å². The summed E-state index contributed by atoms with van der Waals surface area (Å²) in [6.45, 7) is 0. The number of hydrogen-bond donors (Lipinski definition) is 4. The minimum absolute atomic E-state index is 0. The van der Waals surface area contributed by atoms with Gasteiger partial charge in [-0.15, -0.1) is 10.2 Å². The molecule has 4 N–H and O–H groups in total. The van der Waals surface area contributed by atoms with Crippen molar-refractivity contribution in [1.82, 2.24) is 0 Å². The van der Waals surface area contributed by atoms with Crippen molar-refractivity contribution in [2.75, 3.05) is 0 Å². The third-order valence-electron chi connectivity index (χ3n) is 4.98. The summed E-state index contributed by atoms with van der Waals surface area (Å²) in [5.41, 5.74) is -0.382. The molecule has 0 fully saturated rings. The molecule has 0 saturated carbocycles. The van der Waals surface area contributed by atoms with Crippen molar-refractivity contribution >= 4 is 152 Å². The fourth-order valence-corrected chi connectivity index (χ4v) is 5.56. The molecule has 38 heavy (non-hydrogen) atoms. The van der Waals surface area contributed by atoms with Crippen LogP contribution in [0.4, 0.5) is 11.4 Å². The van der Waals surface area contributed by atoms with Gasteiger partial charge in [-0.25, -0.2) is 0 Å². The van der Waals surface area contributed by atoms with Crippen LogP contribution in [0.1, 0.15) is 0 Å². The zero-order chi connectivity index (χ0) is 25.8. The molecule has 0 aliphatic carbocycles. The van der Waals surface area contributed by atoms with Gasteiger partial charge in [-0.2, -0.15) is 25.3 Å². The van der Waals surface area contributed by atoms with E-state index in [0.29, 0.717) is 6.07 Å². The molecule has 4 rings (SSSR count). The van der Waals surface area contributed by atoms with E-state index in [9.17, 15) is 44.0 Å². The summed E-state index contributed by atoms with van der Waals surface area (Å²) in [6, 6.07) is 11.9. The second-order valence-electron chi connectivity index (χ2n) is 7.21. The van der Waals surface area contributed by atoms with Gasteiger partial charge in [-0.1, -0.05) is 30.3 Å². The number of fused-ring (bicyclic) bond motifs is 2. The summed E-state index contributed by atoms with van der Waals surface area (Å²) in [5, 5.41) is 18.1. The van der Waals surface area contributed by atoms with Gasteiger partial charge in [0.2, 0.25) is 0 Å². The number of azo groups is 1. The molecule has 0 aliphatic rings. The maximum absolute atomic E-state index is 12.0. The molecular weight excluding hydrogens is 593 g/mol. The molecule has 0 aromatic heterocycles. The van der Waals surface area contributed by atoms with Crippen molar-refractivity contribution in [1.29, 1.82) is 0 Å². The quantitative estimate of drug-likeness (QED) is 0.147. The fourth-order valence-electron chi connectivity index (χ4n) is 3.50. The zero-order valence-electron chi connectivity index (χ0n) is 17.1. The maximum atomic E-state index is 12.0. The Morgan fingerprint density at radius 2 is 1.18 bits per heavy atom. The molecule has 0 amide bonds. The minimum atomic E-state index is -5.07. The molecule has 12 nitrogen and oxygen atoms in total. The summed E-state index contributed by atoms with van der Waals surface area (Å²) in [5.74, 6) is -0.579. The number of nitrogens with zero attached hydrogens (tertiary/aromatic N) is 2. The van der Waals surface area contributed by atoms with Gasteiger partial charge < -0.3 is 5.11 Å². The van der Waals surface area contributed by atoms with E-state index >= 15 is 0 Å². The molecule has 0 spiro atoms. The van der Waals surface area contributed by atoms with E-state index in [2.05, 4.69) is 10.2 Å². The van der Waals surface area contributed by atoms with Gasteiger partial charge in [-0.05, 0) is 35.7 Å². The molecule has 0 atom stereocenters. The molecule has 188 valence electrons. The Morgan fingerprint density at radius 1 is 0.605 bits per heavy atom. The van der Waals surface area contributed by atoms with Crippen LogP contribution in [0.3, 0.4) is 0 Å². The molecule has 18 heteroatoms. The van der Waals surface area contributed by atoms with Crippen LogP contribution in [0.15, 0.2) is 85.6 Å². The van der Waals surface area contributed by atoms with Crippen molar-refractivity contribution in [3.63, 3.8) is 0 Å². The second kappa shape index (κ2) is 13.0. The van der Waals surface area contributed by atoms with Crippen molar-refractivity contribution in [2.24, 2.45) is 10.2 Å². The van der Waals surface area contributed by atoms with Crippen LogP contribution in [-0.4, -0.2) is 133 Å². The molecule has 0 heterocycles. The van der Waals surface area contributed by atoms with Crippen molar-refractivity contribution < 1.29 is 44.0 Å². The van der Waals surface area contributed by atoms with Gasteiger partial charge >= 0.3 is 88.7 Å². The Bertz CT molecular complexity index is 1900. The first-order chi connectivity index (χ1) is 16.2. The predicted molar refractivity (Wildman–Crippen MR) is 145 cm³/mol. The predicted octanol–water partition coefficient (Wildman–Crippen LogP) is 1.91. The molecule has 0 unspecified atom stereocenters. The van der Waals surface area contributed by atoms with E-state index in [4.69, 9.17) is 0 Å². The standard InChI is InChI=1S/C20H14N2O10S3.3Na.3H/c23-16-7-5-11-9-12(33(24,25)26)10-18(35(30,31)32)19(11)20(16)22-21-15-6-8-17(34(27,28)29)14-4-2-1-3-13(14)15;;;;;;/h1-10,23H,(H,24,25,26)(H,27,28,29)(H,30,31,32);;;;;;/b22-21+;;;;;;. The normalized spacial score (nSPS) is 12.1. The number of rotatable bonds is 5. The SMILES string of the molecule is O=S(=O)(O)c1cc(S(=O)(=O)O)c2c(/N=N/c3ccc(S(=O)(=O)O)c4ccccc34)c(O)ccc2c1.[NaH].[NaH].[NaH]. The first-order valence-corrected chi connectivity index (χ1v) is 13.7. The zero-order valence-corrected chi connectivity index (χ0v) is 19.6. The Hall–Kier alpha value is -0.470. The number of phenolic OH excluding ortho intramolecular Hbond substituents is 1. The Kier molecular flexibility index (Phi) is 12.2. The first-order valence-electron chi connectivity index (χ1n) is 9.33. The van der Waals surface area contributed by atoms with E-state index in [1.54, 1.807) is 6.07 Å². The van der Waals surface area contributed by atoms with E-state index in [1.165, 1.54) is 24.3 Å². The number of phenols is 1. The van der Waals surface area contributed by atoms with Crippen LogP contribution >= 0.6 is 0 Å². The summed E-state index contributed by atoms with van der Waals surface area (Å²) in [4.78, 5) is -2.16. The Morgan fingerprint density at radius 3 is 1.74 bits per heavy atom. The summed E-state index contributed by atoms with van der Waals surface area (Å²) in [7, 11) is -14.5. The molecule has 0 bridgehead atoms. The topological polar surface area (TPSA) is 208 Å². The van der Waals surface area contributed by atoms with Crippen LogP contribution in [0.2, 0.25) is 0 Å². The number of benzene rings is 4. The van der Waals surface area contributed by atoms with Crippen LogP contribution in [0.5, 0.6) is 5.75 Å². The second-order valence-corrected chi connectivity index (χ2v) is 11.4. The molecule has 0 saturated heterocycles. The molecule has 4 aromatic rings. The van der Waals surface area contributed by atoms with E-state index < -0.39 is 51.6 Å². The molecule has 0 radical (unpaired) electrons. The average molecular weight is 611 g/mol. The van der Waals surface area contributed by atoms with E-state index in [1.807, 2.05) is 0 Å². The fraction of sp³-hybridized carbons (Fsp3) is 0. The Balaban J connectivity index is 0.00000241. The third-order valence-corrected chi connectivity index (χ3v) is 7.60. The van der Waals surface area contributed by atoms with E-state index in [0.717, 1.165) is 24.3 Å². The first kappa shape index (κ1) is 35.6. The summed E-state index contributed by atoms with van der Waals surface area (Å²) in [6.07, 6.45) is 0. The molecule has 4 aromatic carbocycles. The molecule has 0 aliphatic heterocycles. The van der Waals surface area contributed by atoms with Crippen LogP contribution in [0, 0.1) is 0 Å². The molecular formula is C20H17N2Na3O10S3. The van der Waals surface area contributed by atoms with Crippen LogP contribution in [-0.2, 0) is 30.4 Å². The average Bonchev–Trinajstić information content (AvgIpc) is 2.75. The van der Waals surface area contributed by atoms with Gasteiger partial charge in [0.25, 0.3) is 30.4 Å². The summed E-state index contributed by atoms with van der Waals surface area (Å²) < 4.78 is 99.0. The van der Waals surface area contributed by atoms with Crippen LogP contribution in [0.25, 0.3) is 21.5 Å². The monoisotopic (exact) mass is 610 g/mol. The summed E-state index contributed by atoms with van der Waals surface area (Å²) >= 11 is 0. The van der Waals surface area contributed by atoms with Gasteiger partial charge in [0, 0.05) is 16.2 Å². The number of hydrogen-bond acceptors (Lipinski definition) is 9. The van der Waals surface area contributed by atoms with Gasteiger partial charge in [0.15, 0.2) is 0 Å². The number of aromatic hydroxyl groups is 1.